The van der Waals surface area contributed by atoms with Crippen molar-refractivity contribution in [1.82, 2.24) is 10.6 Å². The summed E-state index contributed by atoms with van der Waals surface area (Å²) in [5, 5.41) is 17.8. The van der Waals surface area contributed by atoms with Crippen LogP contribution in [0.3, 0.4) is 0 Å². The summed E-state index contributed by atoms with van der Waals surface area (Å²) in [4.78, 5) is 0. The Balaban J connectivity index is 1.59. The van der Waals surface area contributed by atoms with Crippen LogP contribution in [0.15, 0.2) is 65.3 Å². The topological polar surface area (TPSA) is 53.5 Å². The summed E-state index contributed by atoms with van der Waals surface area (Å²) < 4.78 is 5.66. The van der Waals surface area contributed by atoms with Crippen molar-refractivity contribution in [2.45, 2.75) is 57.2 Å². The van der Waals surface area contributed by atoms with Crippen LogP contribution in [0.5, 0.6) is 0 Å². The van der Waals surface area contributed by atoms with Crippen LogP contribution in [-0.2, 0) is 11.2 Å². The minimum absolute atomic E-state index is 0.0591. The summed E-state index contributed by atoms with van der Waals surface area (Å²) in [5.41, 5.74) is 6.82. The molecule has 1 aromatic carbocycles. The zero-order valence-corrected chi connectivity index (χ0v) is 17.1. The van der Waals surface area contributed by atoms with Crippen molar-refractivity contribution >= 4 is 5.57 Å². The number of nitrogens with one attached hydrogen (secondary N) is 2. The highest BCUT2D eigenvalue weighted by molar-refractivity contribution is 5.79. The molecule has 1 aromatic rings. The van der Waals surface area contributed by atoms with E-state index < -0.39 is 0 Å². The highest BCUT2D eigenvalue weighted by Crippen LogP contribution is 2.42. The van der Waals surface area contributed by atoms with Crippen LogP contribution in [-0.4, -0.2) is 24.4 Å². The van der Waals surface area contributed by atoms with E-state index >= 15 is 0 Å². The van der Waals surface area contributed by atoms with Gasteiger partial charge in [-0.15, -0.1) is 0 Å². The number of rotatable bonds is 3. The van der Waals surface area contributed by atoms with Gasteiger partial charge in [0.25, 0.3) is 0 Å². The molecule has 1 aliphatic heterocycles. The number of fused-ring (bicyclic) bond motifs is 2. The Morgan fingerprint density at radius 3 is 2.79 bits per heavy atom. The van der Waals surface area contributed by atoms with E-state index in [1.54, 1.807) is 12.7 Å². The maximum absolute atomic E-state index is 10.5. The van der Waals surface area contributed by atoms with E-state index in [1.165, 1.54) is 16.7 Å². The van der Waals surface area contributed by atoms with Crippen LogP contribution < -0.4 is 10.6 Å². The molecule has 0 aromatic heterocycles. The number of allylic oxidation sites excluding steroid dienone is 4. The van der Waals surface area contributed by atoms with Crippen molar-refractivity contribution in [2.75, 3.05) is 7.11 Å². The minimum Gasteiger partial charge on any atom is -0.512 e. The Bertz CT molecular complexity index is 925. The molecule has 0 bridgehead atoms. The Hall–Kier alpha value is -2.46. The Kier molecular flexibility index (Phi) is 4.96. The number of methoxy groups -OCH3 is 1. The summed E-state index contributed by atoms with van der Waals surface area (Å²) >= 11 is 0. The summed E-state index contributed by atoms with van der Waals surface area (Å²) in [6.07, 6.45) is 14.0. The van der Waals surface area contributed by atoms with E-state index in [0.29, 0.717) is 11.7 Å². The van der Waals surface area contributed by atoms with Gasteiger partial charge in [-0.2, -0.15) is 0 Å². The fraction of sp³-hybridized carbons (Fsp3) is 0.440. The Labute approximate surface area is 173 Å². The number of hydrogen-bond acceptors (Lipinski definition) is 4. The van der Waals surface area contributed by atoms with Crippen molar-refractivity contribution in [2.24, 2.45) is 5.92 Å². The number of benzene rings is 1. The molecule has 3 atom stereocenters. The van der Waals surface area contributed by atoms with Crippen molar-refractivity contribution < 1.29 is 9.84 Å². The van der Waals surface area contributed by atoms with Crippen molar-refractivity contribution in [3.63, 3.8) is 0 Å². The van der Waals surface area contributed by atoms with Crippen LogP contribution in [0.25, 0.3) is 5.57 Å². The zero-order chi connectivity index (χ0) is 19.8. The molecule has 3 aliphatic carbocycles. The lowest BCUT2D eigenvalue weighted by Crippen LogP contribution is -2.53. The summed E-state index contributed by atoms with van der Waals surface area (Å²) in [6.45, 7) is 0. The SMILES string of the molecule is COC1=CC(C2=C3CCC=CC3Cc3ccccc32)NC(C2=C(O)CCCC2)N1. The van der Waals surface area contributed by atoms with Gasteiger partial charge in [-0.1, -0.05) is 42.0 Å². The van der Waals surface area contributed by atoms with Crippen molar-refractivity contribution in [3.8, 4) is 0 Å². The molecular weight excluding hydrogens is 360 g/mol. The van der Waals surface area contributed by atoms with Gasteiger partial charge in [0, 0.05) is 17.9 Å². The molecule has 0 fully saturated rings. The lowest BCUT2D eigenvalue weighted by molar-refractivity contribution is 0.227. The third kappa shape index (κ3) is 3.40. The van der Waals surface area contributed by atoms with Crippen LogP contribution in [0.2, 0.25) is 0 Å². The fourth-order valence-electron chi connectivity index (χ4n) is 5.38. The van der Waals surface area contributed by atoms with E-state index in [-0.39, 0.29) is 12.2 Å². The second-order valence-corrected chi connectivity index (χ2v) is 8.51. The summed E-state index contributed by atoms with van der Waals surface area (Å²) in [7, 11) is 1.71. The maximum Gasteiger partial charge on any atom is 0.185 e. The fourth-order valence-corrected chi connectivity index (χ4v) is 5.38. The molecule has 0 radical (unpaired) electrons. The van der Waals surface area contributed by atoms with Crippen LogP contribution in [0.4, 0.5) is 0 Å². The average Bonchev–Trinajstić information content (AvgIpc) is 2.77. The molecule has 1 heterocycles. The highest BCUT2D eigenvalue weighted by atomic mass is 16.5. The van der Waals surface area contributed by atoms with Crippen molar-refractivity contribution in [1.29, 1.82) is 0 Å². The van der Waals surface area contributed by atoms with Gasteiger partial charge >= 0.3 is 0 Å². The third-order valence-corrected chi connectivity index (χ3v) is 6.80. The van der Waals surface area contributed by atoms with E-state index in [0.717, 1.165) is 56.4 Å². The number of hydrogen-bond donors (Lipinski definition) is 3. The summed E-state index contributed by atoms with van der Waals surface area (Å²) in [6, 6.07) is 8.89. The van der Waals surface area contributed by atoms with Crippen LogP contribution in [0, 0.1) is 5.92 Å². The van der Waals surface area contributed by atoms with Gasteiger partial charge < -0.3 is 15.2 Å². The smallest absolute Gasteiger partial charge is 0.185 e. The van der Waals surface area contributed by atoms with Crippen molar-refractivity contribution in [3.05, 3.63) is 76.4 Å². The molecule has 0 amide bonds. The van der Waals surface area contributed by atoms with Gasteiger partial charge in [0.05, 0.1) is 18.9 Å². The molecule has 3 unspecified atom stereocenters. The molecule has 0 saturated heterocycles. The standard InChI is InChI=1S/C25H30N2O2/c1-29-23-15-21(26-25(27-23)20-12-6-7-13-22(20)28)24-18-10-4-2-8-16(18)14-17-9-3-5-11-19(17)24/h2-4,8-10,15,17,21,25-28H,5-7,11-14H2,1H3. The minimum atomic E-state index is -0.0972. The molecule has 3 N–H and O–H groups in total. The Morgan fingerprint density at radius 1 is 1.07 bits per heavy atom. The largest absolute Gasteiger partial charge is 0.512 e. The van der Waals surface area contributed by atoms with E-state index in [1.807, 2.05) is 0 Å². The van der Waals surface area contributed by atoms with Crippen LogP contribution >= 0.6 is 0 Å². The second-order valence-electron chi connectivity index (χ2n) is 8.51. The first kappa shape index (κ1) is 18.6. The maximum atomic E-state index is 10.5. The van der Waals surface area contributed by atoms with Gasteiger partial charge in [-0.25, -0.2) is 0 Å². The van der Waals surface area contributed by atoms with E-state index in [2.05, 4.69) is 53.1 Å². The van der Waals surface area contributed by atoms with Gasteiger partial charge in [-0.05, 0) is 61.3 Å². The summed E-state index contributed by atoms with van der Waals surface area (Å²) in [5.74, 6) is 1.81. The second kappa shape index (κ2) is 7.75. The molecule has 4 nitrogen and oxygen atoms in total. The van der Waals surface area contributed by atoms with Gasteiger partial charge in [-0.3, -0.25) is 5.32 Å². The van der Waals surface area contributed by atoms with E-state index in [4.69, 9.17) is 4.74 Å². The molecule has 29 heavy (non-hydrogen) atoms. The number of aliphatic hydroxyl groups is 1. The average molecular weight is 391 g/mol. The molecule has 4 heteroatoms. The van der Waals surface area contributed by atoms with Crippen LogP contribution in [0.1, 0.15) is 49.7 Å². The first-order valence-corrected chi connectivity index (χ1v) is 10.9. The first-order valence-electron chi connectivity index (χ1n) is 10.9. The lowest BCUT2D eigenvalue weighted by Gasteiger charge is -2.39. The molecule has 0 spiro atoms. The zero-order valence-electron chi connectivity index (χ0n) is 17.1. The molecule has 4 aliphatic rings. The predicted molar refractivity (Wildman–Crippen MR) is 116 cm³/mol. The van der Waals surface area contributed by atoms with E-state index in [9.17, 15) is 5.11 Å². The normalized spacial score (nSPS) is 29.0. The number of aliphatic hydroxyl groups excluding tert-OH is 1. The predicted octanol–water partition coefficient (Wildman–Crippen LogP) is 4.72. The van der Waals surface area contributed by atoms with Gasteiger partial charge in [0.15, 0.2) is 5.88 Å². The highest BCUT2D eigenvalue weighted by Gasteiger charge is 2.35. The Morgan fingerprint density at radius 2 is 1.93 bits per heavy atom. The molecule has 0 saturated carbocycles. The quantitative estimate of drug-likeness (QED) is 0.654. The lowest BCUT2D eigenvalue weighted by atomic mass is 9.72. The number of ether oxygens (including phenoxy) is 1. The third-order valence-electron chi connectivity index (χ3n) is 6.80. The monoisotopic (exact) mass is 390 g/mol. The van der Waals surface area contributed by atoms with Gasteiger partial charge in [0.1, 0.15) is 6.17 Å². The molecule has 5 rings (SSSR count). The van der Waals surface area contributed by atoms with Gasteiger partial charge in [0.2, 0.25) is 0 Å². The molecular formula is C25H30N2O2. The first-order chi connectivity index (χ1) is 14.2. The molecule has 152 valence electrons.